The van der Waals surface area contributed by atoms with E-state index in [-0.39, 0.29) is 11.9 Å². The van der Waals surface area contributed by atoms with E-state index < -0.39 is 0 Å². The van der Waals surface area contributed by atoms with Crippen molar-refractivity contribution in [2.75, 3.05) is 26.8 Å². The minimum absolute atomic E-state index is 0.0306. The molecule has 3 rings (SSSR count). The van der Waals surface area contributed by atoms with Gasteiger partial charge in [-0.1, -0.05) is 0 Å². The Hall–Kier alpha value is -2.12. The molecule has 0 atom stereocenters. The fourth-order valence-electron chi connectivity index (χ4n) is 3.25. The first-order valence-electron chi connectivity index (χ1n) is 8.93. The van der Waals surface area contributed by atoms with Crippen LogP contribution in [0.15, 0.2) is 36.7 Å². The van der Waals surface area contributed by atoms with Gasteiger partial charge in [-0.2, -0.15) is 0 Å². The molecular weight excluding hydrogens is 350 g/mol. The molecule has 1 saturated heterocycles. The summed E-state index contributed by atoms with van der Waals surface area (Å²) in [5, 5.41) is 0. The zero-order valence-electron chi connectivity index (χ0n) is 15.3. The molecule has 2 aromatic rings. The Labute approximate surface area is 158 Å². The summed E-state index contributed by atoms with van der Waals surface area (Å²) >= 11 is 5.63. The summed E-state index contributed by atoms with van der Waals surface area (Å²) in [7, 11) is 1.66. The minimum Gasteiger partial charge on any atom is -0.497 e. The molecule has 140 valence electrons. The minimum atomic E-state index is -0.0607. The van der Waals surface area contributed by atoms with Crippen LogP contribution in [0, 0.1) is 10.7 Å². The van der Waals surface area contributed by atoms with Crippen LogP contribution >= 0.6 is 12.2 Å². The zero-order chi connectivity index (χ0) is 18.5. The van der Waals surface area contributed by atoms with Crippen LogP contribution in [0.3, 0.4) is 0 Å². The van der Waals surface area contributed by atoms with Crippen molar-refractivity contribution in [3.05, 3.63) is 41.4 Å². The number of hydrogen-bond donors (Lipinski definition) is 0. The number of likely N-dealkylation sites (tertiary alicyclic amines) is 1. The van der Waals surface area contributed by atoms with Crippen LogP contribution in [0.2, 0.25) is 0 Å². The average molecular weight is 375 g/mol. The third kappa shape index (κ3) is 4.16. The highest BCUT2D eigenvalue weighted by Crippen LogP contribution is 2.20. The van der Waals surface area contributed by atoms with Gasteiger partial charge in [0.2, 0.25) is 0 Å². The maximum absolute atomic E-state index is 11.8. The summed E-state index contributed by atoms with van der Waals surface area (Å²) < 4.78 is 15.1. The molecule has 1 aromatic carbocycles. The topological polar surface area (TPSA) is 48.6 Å². The standard InChI is InChI=1S/C19H25N3O3S/c1-3-25-18(23)15-8-10-20(11-9-15)14-21-12-13-22(19(21)26)16-4-6-17(24-2)7-5-16/h4-7,12-13,15H,3,8-11,14H2,1-2H3. The summed E-state index contributed by atoms with van der Waals surface area (Å²) in [4.78, 5) is 14.2. The van der Waals surface area contributed by atoms with E-state index in [1.54, 1.807) is 7.11 Å². The van der Waals surface area contributed by atoms with E-state index in [1.165, 1.54) is 0 Å². The van der Waals surface area contributed by atoms with Crippen molar-refractivity contribution < 1.29 is 14.3 Å². The molecule has 0 unspecified atom stereocenters. The van der Waals surface area contributed by atoms with Crippen LogP contribution in [0.1, 0.15) is 19.8 Å². The van der Waals surface area contributed by atoms with Gasteiger partial charge in [-0.15, -0.1) is 0 Å². The zero-order valence-corrected chi connectivity index (χ0v) is 16.1. The van der Waals surface area contributed by atoms with Gasteiger partial charge in [-0.05, 0) is 56.2 Å². The van der Waals surface area contributed by atoms with Crippen LogP contribution in [0.4, 0.5) is 0 Å². The lowest BCUT2D eigenvalue weighted by Gasteiger charge is -2.30. The molecule has 6 nitrogen and oxygen atoms in total. The van der Waals surface area contributed by atoms with Crippen molar-refractivity contribution in [1.29, 1.82) is 0 Å². The Morgan fingerprint density at radius 3 is 2.50 bits per heavy atom. The highest BCUT2D eigenvalue weighted by Gasteiger charge is 2.26. The molecule has 0 N–H and O–H groups in total. The number of methoxy groups -OCH3 is 1. The van der Waals surface area contributed by atoms with Crippen LogP contribution in [0.25, 0.3) is 5.69 Å². The van der Waals surface area contributed by atoms with E-state index in [1.807, 2.05) is 48.1 Å². The van der Waals surface area contributed by atoms with Crippen LogP contribution in [-0.4, -0.2) is 46.8 Å². The summed E-state index contributed by atoms with van der Waals surface area (Å²) in [5.74, 6) is 0.793. The van der Waals surface area contributed by atoms with Gasteiger partial charge in [-0.3, -0.25) is 14.3 Å². The summed E-state index contributed by atoms with van der Waals surface area (Å²) in [6.45, 7) is 4.78. The Bertz CT molecular complexity index is 789. The summed E-state index contributed by atoms with van der Waals surface area (Å²) in [5.41, 5.74) is 1.01. The van der Waals surface area contributed by atoms with Gasteiger partial charge in [0, 0.05) is 31.2 Å². The molecule has 26 heavy (non-hydrogen) atoms. The van der Waals surface area contributed by atoms with Crippen molar-refractivity contribution >= 4 is 18.2 Å². The first-order chi connectivity index (χ1) is 12.6. The van der Waals surface area contributed by atoms with Crippen molar-refractivity contribution in [2.24, 2.45) is 5.92 Å². The van der Waals surface area contributed by atoms with Gasteiger partial charge in [0.15, 0.2) is 4.77 Å². The van der Waals surface area contributed by atoms with Crippen LogP contribution in [-0.2, 0) is 16.2 Å². The molecule has 2 heterocycles. The lowest BCUT2D eigenvalue weighted by molar-refractivity contribution is -0.149. The number of hydrogen-bond acceptors (Lipinski definition) is 5. The third-order valence-electron chi connectivity index (χ3n) is 4.76. The number of benzene rings is 1. The molecule has 0 radical (unpaired) electrons. The normalized spacial score (nSPS) is 15.8. The van der Waals surface area contributed by atoms with Crippen LogP contribution < -0.4 is 4.74 Å². The van der Waals surface area contributed by atoms with Gasteiger partial charge in [-0.25, -0.2) is 0 Å². The molecule has 1 aliphatic heterocycles. The Morgan fingerprint density at radius 1 is 1.19 bits per heavy atom. The van der Waals surface area contributed by atoms with E-state index in [0.717, 1.165) is 48.8 Å². The fourth-order valence-corrected chi connectivity index (χ4v) is 3.53. The third-order valence-corrected chi connectivity index (χ3v) is 5.19. The predicted octanol–water partition coefficient (Wildman–Crippen LogP) is 3.25. The number of nitrogens with zero attached hydrogens (tertiary/aromatic N) is 3. The number of imidazole rings is 1. The molecule has 7 heteroatoms. The number of esters is 1. The Balaban J connectivity index is 1.62. The largest absolute Gasteiger partial charge is 0.497 e. The first kappa shape index (κ1) is 18.7. The molecular formula is C19H25N3O3S. The predicted molar refractivity (Wildman–Crippen MR) is 102 cm³/mol. The van der Waals surface area contributed by atoms with Gasteiger partial charge >= 0.3 is 5.97 Å². The van der Waals surface area contributed by atoms with Crippen molar-refractivity contribution in [3.63, 3.8) is 0 Å². The van der Waals surface area contributed by atoms with E-state index in [4.69, 9.17) is 21.7 Å². The second-order valence-corrected chi connectivity index (χ2v) is 6.77. The monoisotopic (exact) mass is 375 g/mol. The molecule has 1 aliphatic rings. The second kappa shape index (κ2) is 8.51. The first-order valence-corrected chi connectivity index (χ1v) is 9.34. The number of piperidine rings is 1. The van der Waals surface area contributed by atoms with E-state index in [0.29, 0.717) is 6.61 Å². The molecule has 1 fully saturated rings. The van der Waals surface area contributed by atoms with Gasteiger partial charge in [0.05, 0.1) is 26.3 Å². The van der Waals surface area contributed by atoms with Crippen molar-refractivity contribution in [1.82, 2.24) is 14.0 Å². The smallest absolute Gasteiger partial charge is 0.309 e. The molecule has 0 aliphatic carbocycles. The van der Waals surface area contributed by atoms with Gasteiger partial charge in [0.25, 0.3) is 0 Å². The summed E-state index contributed by atoms with van der Waals surface area (Å²) in [6.07, 6.45) is 5.66. The van der Waals surface area contributed by atoms with Crippen molar-refractivity contribution in [3.8, 4) is 11.4 Å². The van der Waals surface area contributed by atoms with E-state index >= 15 is 0 Å². The SMILES string of the molecule is CCOC(=O)C1CCN(Cn2ccn(-c3ccc(OC)cc3)c2=S)CC1. The lowest BCUT2D eigenvalue weighted by atomic mass is 9.97. The fraction of sp³-hybridized carbons (Fsp3) is 0.474. The maximum atomic E-state index is 11.8. The van der Waals surface area contributed by atoms with E-state index in [9.17, 15) is 4.79 Å². The van der Waals surface area contributed by atoms with Crippen LogP contribution in [0.5, 0.6) is 5.75 Å². The molecule has 0 spiro atoms. The molecule has 0 bridgehead atoms. The Morgan fingerprint density at radius 2 is 1.88 bits per heavy atom. The second-order valence-electron chi connectivity index (χ2n) is 6.40. The van der Waals surface area contributed by atoms with E-state index in [2.05, 4.69) is 9.47 Å². The lowest BCUT2D eigenvalue weighted by Crippen LogP contribution is -2.37. The maximum Gasteiger partial charge on any atom is 0.309 e. The van der Waals surface area contributed by atoms with Crippen molar-refractivity contribution in [2.45, 2.75) is 26.4 Å². The average Bonchev–Trinajstić information content (AvgIpc) is 3.03. The highest BCUT2D eigenvalue weighted by atomic mass is 32.1. The summed E-state index contributed by atoms with van der Waals surface area (Å²) in [6, 6.07) is 7.83. The van der Waals surface area contributed by atoms with Gasteiger partial charge in [0.1, 0.15) is 5.75 Å². The van der Waals surface area contributed by atoms with Gasteiger partial charge < -0.3 is 14.0 Å². The number of carbonyl (C=O) groups is 1. The number of carbonyl (C=O) groups excluding carboxylic acids is 1. The molecule has 0 amide bonds. The quantitative estimate of drug-likeness (QED) is 0.573. The Kier molecular flexibility index (Phi) is 6.11. The molecule has 1 aromatic heterocycles. The number of aromatic nitrogens is 2. The number of ether oxygens (including phenoxy) is 2. The number of rotatable bonds is 6. The molecule has 0 saturated carbocycles. The highest BCUT2D eigenvalue weighted by molar-refractivity contribution is 7.71.